The van der Waals surface area contributed by atoms with Crippen molar-refractivity contribution in [2.45, 2.75) is 13.0 Å². The van der Waals surface area contributed by atoms with Gasteiger partial charge < -0.3 is 14.1 Å². The van der Waals surface area contributed by atoms with Crippen molar-refractivity contribution in [2.24, 2.45) is 0 Å². The normalized spacial score (nSPS) is 12.2. The number of ether oxygens (including phenoxy) is 1. The number of oxazole rings is 1. The number of carbonyl (C=O) groups excluding carboxylic acids is 2. The molecule has 0 aliphatic heterocycles. The van der Waals surface area contributed by atoms with Crippen LogP contribution in [-0.2, 0) is 14.3 Å². The number of likely N-dealkylation sites (N-methyl/N-ethyl adjacent to an activating group) is 1. The lowest BCUT2D eigenvalue weighted by Crippen LogP contribution is -2.33. The maximum absolute atomic E-state index is 12.2. The number of hydrogen-bond acceptors (Lipinski definition) is 5. The Morgan fingerprint density at radius 2 is 1.85 bits per heavy atom. The quantitative estimate of drug-likeness (QED) is 0.494. The first-order valence-electron chi connectivity index (χ1n) is 8.55. The van der Waals surface area contributed by atoms with Gasteiger partial charge in [0.15, 0.2) is 12.2 Å². The van der Waals surface area contributed by atoms with Crippen LogP contribution in [0.1, 0.15) is 24.4 Å². The molecule has 6 nitrogen and oxygen atoms in total. The van der Waals surface area contributed by atoms with Gasteiger partial charge in [0.25, 0.3) is 5.91 Å². The van der Waals surface area contributed by atoms with E-state index in [0.29, 0.717) is 17.0 Å². The van der Waals surface area contributed by atoms with Crippen LogP contribution in [-0.4, -0.2) is 35.4 Å². The average molecular weight is 364 g/mol. The second-order valence-corrected chi connectivity index (χ2v) is 6.05. The minimum atomic E-state index is -0.633. The van der Waals surface area contributed by atoms with Crippen molar-refractivity contribution in [3.8, 4) is 0 Å². The van der Waals surface area contributed by atoms with Gasteiger partial charge in [0, 0.05) is 19.2 Å². The summed E-state index contributed by atoms with van der Waals surface area (Å²) in [6.45, 7) is 1.59. The second kappa shape index (κ2) is 8.31. The summed E-state index contributed by atoms with van der Waals surface area (Å²) in [5.41, 5.74) is 2.35. The summed E-state index contributed by atoms with van der Waals surface area (Å²) in [4.78, 5) is 29.9. The van der Waals surface area contributed by atoms with E-state index in [2.05, 4.69) is 4.98 Å². The van der Waals surface area contributed by atoms with Gasteiger partial charge in [0.05, 0.1) is 6.04 Å². The van der Waals surface area contributed by atoms with Crippen molar-refractivity contribution in [3.63, 3.8) is 0 Å². The van der Waals surface area contributed by atoms with Gasteiger partial charge in [-0.25, -0.2) is 9.78 Å². The first-order chi connectivity index (χ1) is 13.0. The van der Waals surface area contributed by atoms with Crippen molar-refractivity contribution < 1.29 is 18.7 Å². The molecule has 0 bridgehead atoms. The molecule has 1 heterocycles. The van der Waals surface area contributed by atoms with Crippen molar-refractivity contribution >= 4 is 29.1 Å². The monoisotopic (exact) mass is 364 g/mol. The van der Waals surface area contributed by atoms with E-state index in [1.807, 2.05) is 55.5 Å². The SMILES string of the molecule is C[C@@H](c1ccccc1)N(C)C(=O)COC(=O)/C=C/c1nc2ccccc2o1. The Morgan fingerprint density at radius 1 is 1.15 bits per heavy atom. The van der Waals surface area contributed by atoms with Crippen LogP contribution in [0.3, 0.4) is 0 Å². The summed E-state index contributed by atoms with van der Waals surface area (Å²) in [6.07, 6.45) is 2.61. The fourth-order valence-corrected chi connectivity index (χ4v) is 2.55. The van der Waals surface area contributed by atoms with E-state index >= 15 is 0 Å². The van der Waals surface area contributed by atoms with E-state index in [4.69, 9.17) is 9.15 Å². The Balaban J connectivity index is 1.52. The van der Waals surface area contributed by atoms with Crippen LogP contribution >= 0.6 is 0 Å². The van der Waals surface area contributed by atoms with Gasteiger partial charge in [-0.3, -0.25) is 4.79 Å². The minimum absolute atomic E-state index is 0.118. The molecule has 0 aliphatic carbocycles. The van der Waals surface area contributed by atoms with Crippen LogP contribution in [0, 0.1) is 0 Å². The fraction of sp³-hybridized carbons (Fsp3) is 0.190. The van der Waals surface area contributed by atoms with E-state index in [0.717, 1.165) is 5.56 Å². The lowest BCUT2D eigenvalue weighted by molar-refractivity contribution is -0.148. The molecule has 0 aliphatic rings. The first kappa shape index (κ1) is 18.4. The molecule has 27 heavy (non-hydrogen) atoms. The molecule has 0 radical (unpaired) electrons. The van der Waals surface area contributed by atoms with Crippen LogP contribution < -0.4 is 0 Å². The van der Waals surface area contributed by atoms with E-state index in [1.54, 1.807) is 18.0 Å². The molecule has 2 aromatic carbocycles. The Kier molecular flexibility index (Phi) is 5.66. The number of esters is 1. The van der Waals surface area contributed by atoms with Crippen LogP contribution in [0.15, 0.2) is 65.1 Å². The zero-order chi connectivity index (χ0) is 19.2. The molecule has 0 spiro atoms. The van der Waals surface area contributed by atoms with Gasteiger partial charge in [0.1, 0.15) is 5.52 Å². The number of aromatic nitrogens is 1. The molecule has 0 saturated carbocycles. The number of carbonyl (C=O) groups is 2. The number of benzene rings is 2. The largest absolute Gasteiger partial charge is 0.452 e. The average Bonchev–Trinajstić information content (AvgIpc) is 3.13. The Morgan fingerprint density at radius 3 is 2.59 bits per heavy atom. The topological polar surface area (TPSA) is 72.6 Å². The third-order valence-corrected chi connectivity index (χ3v) is 4.27. The number of para-hydroxylation sites is 2. The predicted octanol–water partition coefficient (Wildman–Crippen LogP) is 3.60. The summed E-state index contributed by atoms with van der Waals surface area (Å²) in [5, 5.41) is 0. The smallest absolute Gasteiger partial charge is 0.331 e. The third kappa shape index (κ3) is 4.61. The van der Waals surface area contributed by atoms with Gasteiger partial charge in [-0.2, -0.15) is 0 Å². The van der Waals surface area contributed by atoms with Gasteiger partial charge in [-0.05, 0) is 24.6 Å². The highest BCUT2D eigenvalue weighted by molar-refractivity contribution is 5.89. The summed E-state index contributed by atoms with van der Waals surface area (Å²) in [7, 11) is 1.68. The second-order valence-electron chi connectivity index (χ2n) is 6.05. The van der Waals surface area contributed by atoms with Gasteiger partial charge >= 0.3 is 5.97 Å². The predicted molar refractivity (Wildman–Crippen MR) is 102 cm³/mol. The van der Waals surface area contributed by atoms with Crippen LogP contribution in [0.4, 0.5) is 0 Å². The highest BCUT2D eigenvalue weighted by Crippen LogP contribution is 2.18. The molecule has 0 N–H and O–H groups in total. The maximum Gasteiger partial charge on any atom is 0.331 e. The molecular formula is C21H20N2O4. The minimum Gasteiger partial charge on any atom is -0.452 e. The molecule has 138 valence electrons. The summed E-state index contributed by atoms with van der Waals surface area (Å²) in [5.74, 6) is -0.615. The Labute approximate surface area is 157 Å². The highest BCUT2D eigenvalue weighted by atomic mass is 16.5. The molecule has 0 saturated heterocycles. The van der Waals surface area contributed by atoms with Crippen molar-refractivity contribution in [1.29, 1.82) is 0 Å². The molecule has 1 aromatic heterocycles. The molecule has 0 unspecified atom stereocenters. The number of amides is 1. The Hall–Kier alpha value is -3.41. The van der Waals surface area contributed by atoms with E-state index < -0.39 is 5.97 Å². The first-order valence-corrected chi connectivity index (χ1v) is 8.55. The van der Waals surface area contributed by atoms with E-state index in [9.17, 15) is 9.59 Å². The van der Waals surface area contributed by atoms with E-state index in [-0.39, 0.29) is 18.6 Å². The Bertz CT molecular complexity index is 929. The van der Waals surface area contributed by atoms with Crippen molar-refractivity contribution in [3.05, 3.63) is 72.1 Å². The molecule has 6 heteroatoms. The molecular weight excluding hydrogens is 344 g/mol. The number of hydrogen-bond donors (Lipinski definition) is 0. The lowest BCUT2D eigenvalue weighted by atomic mass is 10.1. The van der Waals surface area contributed by atoms with Crippen molar-refractivity contribution in [2.75, 3.05) is 13.7 Å². The van der Waals surface area contributed by atoms with Crippen LogP contribution in [0.25, 0.3) is 17.2 Å². The zero-order valence-corrected chi connectivity index (χ0v) is 15.2. The number of fused-ring (bicyclic) bond motifs is 1. The van der Waals surface area contributed by atoms with Gasteiger partial charge in [-0.15, -0.1) is 0 Å². The third-order valence-electron chi connectivity index (χ3n) is 4.27. The summed E-state index contributed by atoms with van der Waals surface area (Å²) < 4.78 is 10.5. The lowest BCUT2D eigenvalue weighted by Gasteiger charge is -2.25. The van der Waals surface area contributed by atoms with Crippen LogP contribution in [0.5, 0.6) is 0 Å². The molecule has 1 amide bonds. The summed E-state index contributed by atoms with van der Waals surface area (Å²) >= 11 is 0. The standard InChI is InChI=1S/C21H20N2O4/c1-15(16-8-4-3-5-9-16)23(2)20(24)14-26-21(25)13-12-19-22-17-10-6-7-11-18(17)27-19/h3-13,15H,14H2,1-2H3/b13-12+/t15-/m0/s1. The van der Waals surface area contributed by atoms with Gasteiger partial charge in [-0.1, -0.05) is 42.5 Å². The zero-order valence-electron chi connectivity index (χ0n) is 15.2. The maximum atomic E-state index is 12.2. The fourth-order valence-electron chi connectivity index (χ4n) is 2.55. The van der Waals surface area contributed by atoms with Crippen LogP contribution in [0.2, 0.25) is 0 Å². The van der Waals surface area contributed by atoms with E-state index in [1.165, 1.54) is 12.2 Å². The van der Waals surface area contributed by atoms with Crippen molar-refractivity contribution in [1.82, 2.24) is 9.88 Å². The molecule has 3 rings (SSSR count). The molecule has 0 fully saturated rings. The van der Waals surface area contributed by atoms with Gasteiger partial charge in [0.2, 0.25) is 5.89 Å². The number of nitrogens with zero attached hydrogens (tertiary/aromatic N) is 2. The number of rotatable bonds is 6. The summed E-state index contributed by atoms with van der Waals surface area (Å²) in [6, 6.07) is 16.8. The molecule has 1 atom stereocenters. The molecule has 3 aromatic rings. The highest BCUT2D eigenvalue weighted by Gasteiger charge is 2.18.